The van der Waals surface area contributed by atoms with Crippen molar-refractivity contribution in [1.82, 2.24) is 0 Å². The van der Waals surface area contributed by atoms with Crippen LogP contribution in [0.15, 0.2) is 27.7 Å². The maximum absolute atomic E-state index is 6.22. The number of hydrogen-bond acceptors (Lipinski definition) is 3. The maximum Gasteiger partial charge on any atom is 0.161 e. The van der Waals surface area contributed by atoms with Gasteiger partial charge in [0.1, 0.15) is 0 Å². The third-order valence-corrected chi connectivity index (χ3v) is 6.16. The lowest BCUT2D eigenvalue weighted by atomic mass is 9.79. The summed E-state index contributed by atoms with van der Waals surface area (Å²) >= 11 is 11.5. The van der Waals surface area contributed by atoms with Gasteiger partial charge in [0.2, 0.25) is 0 Å². The molecule has 5 heteroatoms. The lowest BCUT2D eigenvalue weighted by Gasteiger charge is -2.32. The zero-order chi connectivity index (χ0) is 14.2. The van der Waals surface area contributed by atoms with E-state index in [0.717, 1.165) is 32.0 Å². The predicted octanol–water partition coefficient (Wildman–Crippen LogP) is 5.57. The summed E-state index contributed by atoms with van der Waals surface area (Å²) in [6.45, 7) is 2.35. The van der Waals surface area contributed by atoms with E-state index in [0.29, 0.717) is 0 Å². The number of hydrogen-bond donors (Lipinski definition) is 1. The van der Waals surface area contributed by atoms with E-state index in [1.165, 1.54) is 25.7 Å². The van der Waals surface area contributed by atoms with Crippen LogP contribution in [-0.4, -0.2) is 16.5 Å². The molecule has 0 atom stereocenters. The average Bonchev–Trinajstić information content (AvgIpc) is 2.81. The summed E-state index contributed by atoms with van der Waals surface area (Å²) < 4.78 is 1.02. The molecular formula is C15H18BrClN2S. The van der Waals surface area contributed by atoms with Crippen molar-refractivity contribution < 1.29 is 0 Å². The molecule has 108 valence electrons. The number of thioether (sulfide) groups is 1. The van der Waals surface area contributed by atoms with Crippen molar-refractivity contribution in [3.63, 3.8) is 0 Å². The first-order chi connectivity index (χ1) is 9.56. The largest absolute Gasteiger partial charge is 0.334 e. The number of anilines is 1. The molecule has 1 aliphatic heterocycles. The quantitative estimate of drug-likeness (QED) is 0.696. The number of rotatable bonds is 1. The number of aliphatic imine (C=N–C) groups is 1. The van der Waals surface area contributed by atoms with Crippen LogP contribution < -0.4 is 5.32 Å². The molecule has 0 saturated heterocycles. The third kappa shape index (κ3) is 3.18. The molecule has 3 rings (SSSR count). The first kappa shape index (κ1) is 14.7. The standard InChI is InChI=1S/C15H18BrClN2S/c1-10-4-6-15(7-5-10)9-20-14(19-15)18-13-8-11(16)2-3-12(13)17/h2-3,8,10H,4-7,9H2,1H3,(H,18,19). The Morgan fingerprint density at radius 3 is 2.90 bits per heavy atom. The molecule has 0 aromatic heterocycles. The Hall–Kier alpha value is -0.190. The highest BCUT2D eigenvalue weighted by molar-refractivity contribution is 9.10. The molecule has 1 fully saturated rings. The van der Waals surface area contributed by atoms with Gasteiger partial charge in [-0.15, -0.1) is 0 Å². The summed E-state index contributed by atoms with van der Waals surface area (Å²) in [5, 5.41) is 5.13. The van der Waals surface area contributed by atoms with Crippen molar-refractivity contribution in [2.75, 3.05) is 11.1 Å². The summed E-state index contributed by atoms with van der Waals surface area (Å²) in [6, 6.07) is 5.84. The molecule has 1 aromatic carbocycles. The molecule has 0 amide bonds. The maximum atomic E-state index is 6.22. The number of halogens is 2. The molecule has 2 aliphatic rings. The Morgan fingerprint density at radius 2 is 2.15 bits per heavy atom. The molecule has 1 heterocycles. The minimum Gasteiger partial charge on any atom is -0.334 e. The van der Waals surface area contributed by atoms with Crippen molar-refractivity contribution >= 4 is 50.1 Å². The topological polar surface area (TPSA) is 24.4 Å². The third-order valence-electron chi connectivity index (χ3n) is 4.19. The van der Waals surface area contributed by atoms with E-state index in [9.17, 15) is 0 Å². The minimum atomic E-state index is 0.179. The van der Waals surface area contributed by atoms with Gasteiger partial charge in [0.15, 0.2) is 5.17 Å². The lowest BCUT2D eigenvalue weighted by Crippen LogP contribution is -2.32. The molecule has 1 spiro atoms. The molecule has 1 N–H and O–H groups in total. The Morgan fingerprint density at radius 1 is 1.40 bits per heavy atom. The van der Waals surface area contributed by atoms with Crippen LogP contribution in [0.1, 0.15) is 32.6 Å². The molecule has 0 unspecified atom stereocenters. The normalized spacial score (nSPS) is 29.6. The highest BCUT2D eigenvalue weighted by Crippen LogP contribution is 2.42. The molecule has 0 radical (unpaired) electrons. The Kier molecular flexibility index (Phi) is 4.34. The van der Waals surface area contributed by atoms with Crippen LogP contribution in [0.2, 0.25) is 5.02 Å². The van der Waals surface area contributed by atoms with Gasteiger partial charge in [0, 0.05) is 10.2 Å². The molecule has 2 nitrogen and oxygen atoms in total. The fourth-order valence-corrected chi connectivity index (χ4v) is 4.54. The predicted molar refractivity (Wildman–Crippen MR) is 93.0 cm³/mol. The van der Waals surface area contributed by atoms with E-state index >= 15 is 0 Å². The van der Waals surface area contributed by atoms with Crippen LogP contribution in [0.5, 0.6) is 0 Å². The molecule has 1 aliphatic carbocycles. The van der Waals surface area contributed by atoms with Crippen molar-refractivity contribution in [2.45, 2.75) is 38.1 Å². The van der Waals surface area contributed by atoms with Gasteiger partial charge in [0.05, 0.1) is 16.2 Å². The van der Waals surface area contributed by atoms with Gasteiger partial charge < -0.3 is 5.32 Å². The van der Waals surface area contributed by atoms with Crippen LogP contribution in [0, 0.1) is 5.92 Å². The fraction of sp³-hybridized carbons (Fsp3) is 0.533. The summed E-state index contributed by atoms with van der Waals surface area (Å²) in [5.41, 5.74) is 1.10. The van der Waals surface area contributed by atoms with Crippen LogP contribution in [-0.2, 0) is 0 Å². The smallest absolute Gasteiger partial charge is 0.161 e. The van der Waals surface area contributed by atoms with Gasteiger partial charge in [-0.3, -0.25) is 4.99 Å². The molecule has 1 aromatic rings. The van der Waals surface area contributed by atoms with Gasteiger partial charge in [-0.25, -0.2) is 0 Å². The SMILES string of the molecule is CC1CCC2(CC1)CSC(Nc1cc(Br)ccc1Cl)=N2. The Balaban J connectivity index is 1.74. The van der Waals surface area contributed by atoms with Crippen molar-refractivity contribution in [3.05, 3.63) is 27.7 Å². The number of nitrogens with one attached hydrogen (secondary N) is 1. The average molecular weight is 374 g/mol. The van der Waals surface area contributed by atoms with E-state index in [-0.39, 0.29) is 5.54 Å². The summed E-state index contributed by atoms with van der Waals surface area (Å²) in [6.07, 6.45) is 5.04. The van der Waals surface area contributed by atoms with Crippen molar-refractivity contribution in [1.29, 1.82) is 0 Å². The monoisotopic (exact) mass is 372 g/mol. The molecule has 20 heavy (non-hydrogen) atoms. The highest BCUT2D eigenvalue weighted by Gasteiger charge is 2.38. The van der Waals surface area contributed by atoms with Crippen molar-refractivity contribution in [2.24, 2.45) is 10.9 Å². The Bertz CT molecular complexity index is 539. The Labute approximate surface area is 137 Å². The summed E-state index contributed by atoms with van der Waals surface area (Å²) in [7, 11) is 0. The minimum absolute atomic E-state index is 0.179. The number of benzene rings is 1. The second-order valence-electron chi connectivity index (χ2n) is 5.86. The first-order valence-electron chi connectivity index (χ1n) is 7.01. The molecule has 1 saturated carbocycles. The van der Waals surface area contributed by atoms with Gasteiger partial charge in [-0.2, -0.15) is 0 Å². The van der Waals surface area contributed by atoms with Crippen LogP contribution in [0.25, 0.3) is 0 Å². The fourth-order valence-electron chi connectivity index (χ4n) is 2.81. The summed E-state index contributed by atoms with van der Waals surface area (Å²) in [5.74, 6) is 1.96. The molecular weight excluding hydrogens is 356 g/mol. The van der Waals surface area contributed by atoms with Crippen LogP contribution in [0.3, 0.4) is 0 Å². The van der Waals surface area contributed by atoms with Crippen molar-refractivity contribution in [3.8, 4) is 0 Å². The number of amidine groups is 1. The van der Waals surface area contributed by atoms with Gasteiger partial charge in [-0.1, -0.05) is 46.2 Å². The van der Waals surface area contributed by atoms with E-state index in [1.807, 2.05) is 30.0 Å². The second-order valence-corrected chi connectivity index (χ2v) is 8.15. The lowest BCUT2D eigenvalue weighted by molar-refractivity contribution is 0.273. The summed E-state index contributed by atoms with van der Waals surface area (Å²) in [4.78, 5) is 4.97. The van der Waals surface area contributed by atoms with Gasteiger partial charge >= 0.3 is 0 Å². The highest BCUT2D eigenvalue weighted by atomic mass is 79.9. The number of nitrogens with zero attached hydrogens (tertiary/aromatic N) is 1. The van der Waals surface area contributed by atoms with Crippen LogP contribution in [0.4, 0.5) is 5.69 Å². The van der Waals surface area contributed by atoms with Gasteiger partial charge in [-0.05, 0) is 49.8 Å². The first-order valence-corrected chi connectivity index (χ1v) is 9.17. The van der Waals surface area contributed by atoms with E-state index in [2.05, 4.69) is 28.2 Å². The second kappa shape index (κ2) is 5.90. The zero-order valence-corrected chi connectivity index (χ0v) is 14.6. The van der Waals surface area contributed by atoms with Crippen LogP contribution >= 0.6 is 39.3 Å². The van der Waals surface area contributed by atoms with E-state index in [1.54, 1.807) is 0 Å². The molecule has 0 bridgehead atoms. The van der Waals surface area contributed by atoms with E-state index < -0.39 is 0 Å². The van der Waals surface area contributed by atoms with Gasteiger partial charge in [0.25, 0.3) is 0 Å². The zero-order valence-electron chi connectivity index (χ0n) is 11.5. The van der Waals surface area contributed by atoms with E-state index in [4.69, 9.17) is 16.6 Å².